The molecule has 0 bridgehead atoms. The molecule has 0 unspecified atom stereocenters. The number of rotatable bonds is 5. The van der Waals surface area contributed by atoms with Gasteiger partial charge in [-0.2, -0.15) is 13.2 Å². The number of piperidine rings is 1. The van der Waals surface area contributed by atoms with Crippen LogP contribution in [0.1, 0.15) is 41.0 Å². The standard InChI is InChI=1S/C21H20F4N6O/c22-15-7-4-8-16(12-15)31-18(21(23,24)25)17(28-29-31)20(32)27-13-14-6-5-9-26-19(14)30-10-2-1-3-11-30/h4-9,12H,1-3,10-11,13H2,(H,27,32). The van der Waals surface area contributed by atoms with Crippen molar-refractivity contribution in [2.45, 2.75) is 32.0 Å². The molecule has 1 amide bonds. The Labute approximate surface area is 181 Å². The van der Waals surface area contributed by atoms with Gasteiger partial charge in [-0.25, -0.2) is 14.1 Å². The predicted molar refractivity (Wildman–Crippen MR) is 108 cm³/mol. The van der Waals surface area contributed by atoms with E-state index in [-0.39, 0.29) is 12.2 Å². The second kappa shape index (κ2) is 8.93. The Morgan fingerprint density at radius 1 is 1.09 bits per heavy atom. The fourth-order valence-electron chi connectivity index (χ4n) is 3.70. The summed E-state index contributed by atoms with van der Waals surface area (Å²) >= 11 is 0. The number of carbonyl (C=O) groups excluding carboxylic acids is 1. The third-order valence-corrected chi connectivity index (χ3v) is 5.17. The topological polar surface area (TPSA) is 75.9 Å². The van der Waals surface area contributed by atoms with Gasteiger partial charge >= 0.3 is 6.18 Å². The number of hydrogen-bond donors (Lipinski definition) is 1. The Morgan fingerprint density at radius 3 is 2.59 bits per heavy atom. The maximum Gasteiger partial charge on any atom is 0.435 e. The zero-order valence-corrected chi connectivity index (χ0v) is 16.9. The highest BCUT2D eigenvalue weighted by atomic mass is 19.4. The maximum absolute atomic E-state index is 13.8. The number of anilines is 1. The highest BCUT2D eigenvalue weighted by molar-refractivity contribution is 5.93. The number of benzene rings is 1. The second-order valence-corrected chi connectivity index (χ2v) is 7.39. The van der Waals surface area contributed by atoms with Crippen LogP contribution in [0.4, 0.5) is 23.4 Å². The molecule has 1 fully saturated rings. The number of amides is 1. The minimum absolute atomic E-state index is 0.0252. The SMILES string of the molecule is O=C(NCc1cccnc1N1CCCCC1)c1nnn(-c2cccc(F)c2)c1C(F)(F)F. The first kappa shape index (κ1) is 21.7. The average Bonchev–Trinajstić information content (AvgIpc) is 3.24. The number of nitrogens with zero attached hydrogens (tertiary/aromatic N) is 5. The lowest BCUT2D eigenvalue weighted by Gasteiger charge is -2.29. The predicted octanol–water partition coefficient (Wildman–Crippen LogP) is 3.74. The van der Waals surface area contributed by atoms with Crippen molar-refractivity contribution in [2.24, 2.45) is 0 Å². The molecule has 1 aromatic carbocycles. The number of aromatic nitrogens is 4. The summed E-state index contributed by atoms with van der Waals surface area (Å²) in [6.45, 7) is 1.64. The summed E-state index contributed by atoms with van der Waals surface area (Å²) in [5.74, 6) is -1.07. The zero-order chi connectivity index (χ0) is 22.7. The smallest absolute Gasteiger partial charge is 0.356 e. The first-order chi connectivity index (χ1) is 15.3. The Hall–Kier alpha value is -3.50. The van der Waals surface area contributed by atoms with Crippen LogP contribution in [-0.2, 0) is 12.7 Å². The third-order valence-electron chi connectivity index (χ3n) is 5.17. The van der Waals surface area contributed by atoms with Gasteiger partial charge in [0, 0.05) is 31.4 Å². The number of hydrogen-bond acceptors (Lipinski definition) is 5. The summed E-state index contributed by atoms with van der Waals surface area (Å²) in [6, 6.07) is 7.94. The van der Waals surface area contributed by atoms with Gasteiger partial charge in [-0.15, -0.1) is 5.10 Å². The Bertz CT molecular complexity index is 1110. The molecule has 0 spiro atoms. The Kier molecular flexibility index (Phi) is 6.06. The molecule has 2 aromatic heterocycles. The summed E-state index contributed by atoms with van der Waals surface area (Å²) < 4.78 is 55.2. The van der Waals surface area contributed by atoms with Gasteiger partial charge in [-0.1, -0.05) is 17.3 Å². The highest BCUT2D eigenvalue weighted by Gasteiger charge is 2.42. The molecule has 32 heavy (non-hydrogen) atoms. The van der Waals surface area contributed by atoms with Gasteiger partial charge in [0.2, 0.25) is 0 Å². The Balaban J connectivity index is 1.59. The fourth-order valence-corrected chi connectivity index (χ4v) is 3.70. The molecule has 3 heterocycles. The monoisotopic (exact) mass is 448 g/mol. The van der Waals surface area contributed by atoms with Crippen LogP contribution >= 0.6 is 0 Å². The lowest BCUT2D eigenvalue weighted by Crippen LogP contribution is -2.32. The number of alkyl halides is 3. The molecule has 4 rings (SSSR count). The lowest BCUT2D eigenvalue weighted by atomic mass is 10.1. The number of pyridine rings is 1. The van der Waals surface area contributed by atoms with Gasteiger partial charge in [-0.05, 0) is 43.5 Å². The minimum atomic E-state index is -4.93. The van der Waals surface area contributed by atoms with Crippen LogP contribution in [0.5, 0.6) is 0 Å². The van der Waals surface area contributed by atoms with Crippen molar-refractivity contribution in [1.29, 1.82) is 0 Å². The summed E-state index contributed by atoms with van der Waals surface area (Å²) in [5, 5.41) is 9.39. The van der Waals surface area contributed by atoms with Crippen LogP contribution < -0.4 is 10.2 Å². The molecule has 7 nitrogen and oxygen atoms in total. The lowest BCUT2D eigenvalue weighted by molar-refractivity contribution is -0.143. The van der Waals surface area contributed by atoms with E-state index in [1.807, 2.05) is 0 Å². The van der Waals surface area contributed by atoms with Crippen LogP contribution in [-0.4, -0.2) is 39.0 Å². The molecule has 3 aromatic rings. The van der Waals surface area contributed by atoms with E-state index >= 15 is 0 Å². The van der Waals surface area contributed by atoms with E-state index in [2.05, 4.69) is 25.5 Å². The number of carbonyl (C=O) groups is 1. The van der Waals surface area contributed by atoms with E-state index in [9.17, 15) is 22.4 Å². The van der Waals surface area contributed by atoms with Crippen molar-refractivity contribution in [2.75, 3.05) is 18.0 Å². The van der Waals surface area contributed by atoms with Crippen LogP contribution in [0.2, 0.25) is 0 Å². The average molecular weight is 448 g/mol. The van der Waals surface area contributed by atoms with Gasteiger partial charge in [0.05, 0.1) is 5.69 Å². The fraction of sp³-hybridized carbons (Fsp3) is 0.333. The largest absolute Gasteiger partial charge is 0.435 e. The van der Waals surface area contributed by atoms with E-state index in [1.165, 1.54) is 12.1 Å². The van der Waals surface area contributed by atoms with E-state index in [0.29, 0.717) is 16.1 Å². The van der Waals surface area contributed by atoms with Crippen LogP contribution in [0.15, 0.2) is 42.6 Å². The second-order valence-electron chi connectivity index (χ2n) is 7.39. The molecular formula is C21H20F4N6O. The van der Waals surface area contributed by atoms with E-state index in [4.69, 9.17) is 0 Å². The minimum Gasteiger partial charge on any atom is -0.356 e. The molecular weight excluding hydrogens is 428 g/mol. The van der Waals surface area contributed by atoms with E-state index < -0.39 is 29.3 Å². The van der Waals surface area contributed by atoms with Crippen molar-refractivity contribution in [3.05, 3.63) is 65.4 Å². The van der Waals surface area contributed by atoms with Gasteiger partial charge in [0.25, 0.3) is 5.91 Å². The van der Waals surface area contributed by atoms with Crippen molar-refractivity contribution in [3.8, 4) is 5.69 Å². The zero-order valence-electron chi connectivity index (χ0n) is 16.9. The molecule has 1 saturated heterocycles. The molecule has 0 radical (unpaired) electrons. The maximum atomic E-state index is 13.8. The summed E-state index contributed by atoms with van der Waals surface area (Å²) in [6.07, 6.45) is -0.102. The molecule has 168 valence electrons. The summed E-state index contributed by atoms with van der Waals surface area (Å²) in [5.41, 5.74) is -1.76. The quantitative estimate of drug-likeness (QED) is 0.602. The van der Waals surface area contributed by atoms with Crippen molar-refractivity contribution < 1.29 is 22.4 Å². The molecule has 1 aliphatic rings. The molecule has 0 saturated carbocycles. The molecule has 0 atom stereocenters. The molecule has 1 N–H and O–H groups in total. The third kappa shape index (κ3) is 4.56. The van der Waals surface area contributed by atoms with Crippen molar-refractivity contribution in [3.63, 3.8) is 0 Å². The normalized spacial score (nSPS) is 14.4. The summed E-state index contributed by atoms with van der Waals surface area (Å²) in [4.78, 5) is 19.1. The molecule has 1 aliphatic heterocycles. The van der Waals surface area contributed by atoms with Gasteiger partial charge in [0.1, 0.15) is 11.6 Å². The molecule has 0 aliphatic carbocycles. The number of nitrogens with one attached hydrogen (secondary N) is 1. The van der Waals surface area contributed by atoms with Crippen LogP contribution in [0, 0.1) is 5.82 Å². The van der Waals surface area contributed by atoms with Crippen molar-refractivity contribution in [1.82, 2.24) is 25.3 Å². The highest BCUT2D eigenvalue weighted by Crippen LogP contribution is 2.33. The first-order valence-corrected chi connectivity index (χ1v) is 10.1. The van der Waals surface area contributed by atoms with E-state index in [0.717, 1.165) is 44.5 Å². The first-order valence-electron chi connectivity index (χ1n) is 10.1. The summed E-state index contributed by atoms with van der Waals surface area (Å²) in [7, 11) is 0. The van der Waals surface area contributed by atoms with Crippen LogP contribution in [0.3, 0.4) is 0 Å². The van der Waals surface area contributed by atoms with E-state index in [1.54, 1.807) is 18.3 Å². The Morgan fingerprint density at radius 2 is 1.88 bits per heavy atom. The number of halogens is 4. The van der Waals surface area contributed by atoms with Crippen LogP contribution in [0.25, 0.3) is 5.69 Å². The van der Waals surface area contributed by atoms with Gasteiger partial charge in [0.15, 0.2) is 11.4 Å². The van der Waals surface area contributed by atoms with Gasteiger partial charge < -0.3 is 10.2 Å². The van der Waals surface area contributed by atoms with Crippen molar-refractivity contribution >= 4 is 11.7 Å². The molecule has 11 heteroatoms. The van der Waals surface area contributed by atoms with Gasteiger partial charge in [-0.3, -0.25) is 4.79 Å².